The van der Waals surface area contributed by atoms with E-state index in [4.69, 9.17) is 23.8 Å². The molecule has 0 bridgehead atoms. The van der Waals surface area contributed by atoms with Crippen molar-refractivity contribution in [1.29, 1.82) is 0 Å². The quantitative estimate of drug-likeness (QED) is 0.517. The van der Waals surface area contributed by atoms with Crippen LogP contribution in [0, 0.1) is 0 Å². The highest BCUT2D eigenvalue weighted by atomic mass is 35.5. The van der Waals surface area contributed by atoms with Crippen LogP contribution < -0.4 is 10.7 Å². The first-order valence-corrected chi connectivity index (χ1v) is 6.89. The van der Waals surface area contributed by atoms with Gasteiger partial charge in [0, 0.05) is 11.6 Å². The molecule has 2 rings (SSSR count). The van der Waals surface area contributed by atoms with Gasteiger partial charge >= 0.3 is 0 Å². The summed E-state index contributed by atoms with van der Waals surface area (Å²) < 4.78 is 0. The van der Waals surface area contributed by atoms with Crippen molar-refractivity contribution >= 4 is 35.1 Å². The number of hydrogen-bond acceptors (Lipinski definition) is 2. The lowest BCUT2D eigenvalue weighted by Gasteiger charge is -2.06. The van der Waals surface area contributed by atoms with E-state index in [1.165, 1.54) is 0 Å². The zero-order valence-electron chi connectivity index (χ0n) is 10.7. The van der Waals surface area contributed by atoms with Crippen molar-refractivity contribution in [3.63, 3.8) is 0 Å². The first kappa shape index (κ1) is 14.5. The third kappa shape index (κ3) is 4.99. The van der Waals surface area contributed by atoms with Crippen molar-refractivity contribution in [2.24, 2.45) is 5.10 Å². The zero-order chi connectivity index (χ0) is 14.2. The molecule has 0 aliphatic heterocycles. The Hall–Kier alpha value is -1.91. The molecule has 0 aliphatic carbocycles. The van der Waals surface area contributed by atoms with Crippen LogP contribution in [0.25, 0.3) is 0 Å². The Morgan fingerprint density at radius 3 is 2.70 bits per heavy atom. The summed E-state index contributed by atoms with van der Waals surface area (Å²) >= 11 is 11.0. The van der Waals surface area contributed by atoms with Gasteiger partial charge in [-0.1, -0.05) is 54.1 Å². The van der Waals surface area contributed by atoms with Crippen molar-refractivity contribution in [2.45, 2.75) is 6.54 Å². The van der Waals surface area contributed by atoms with Crippen LogP contribution in [0.3, 0.4) is 0 Å². The predicted molar refractivity (Wildman–Crippen MR) is 88.1 cm³/mol. The lowest BCUT2D eigenvalue weighted by atomic mass is 10.2. The van der Waals surface area contributed by atoms with Gasteiger partial charge in [0.15, 0.2) is 5.11 Å². The first-order valence-electron chi connectivity index (χ1n) is 6.10. The number of rotatable bonds is 4. The summed E-state index contributed by atoms with van der Waals surface area (Å²) in [5.74, 6) is 0. The third-order valence-electron chi connectivity index (χ3n) is 2.52. The first-order chi connectivity index (χ1) is 9.74. The minimum atomic E-state index is 0.479. The minimum absolute atomic E-state index is 0.479. The summed E-state index contributed by atoms with van der Waals surface area (Å²) in [6, 6.07) is 17.5. The summed E-state index contributed by atoms with van der Waals surface area (Å²) in [6.07, 6.45) is 1.67. The monoisotopic (exact) mass is 303 g/mol. The summed E-state index contributed by atoms with van der Waals surface area (Å²) in [4.78, 5) is 0. The molecule has 0 saturated carbocycles. The maximum absolute atomic E-state index is 5.88. The van der Waals surface area contributed by atoms with Crippen LogP contribution in [0.5, 0.6) is 0 Å². The molecule has 0 spiro atoms. The highest BCUT2D eigenvalue weighted by molar-refractivity contribution is 7.80. The number of hydrazone groups is 1. The molecule has 0 aliphatic rings. The van der Waals surface area contributed by atoms with Crippen LogP contribution in [-0.2, 0) is 6.54 Å². The van der Waals surface area contributed by atoms with Gasteiger partial charge in [-0.05, 0) is 35.5 Å². The van der Waals surface area contributed by atoms with Gasteiger partial charge < -0.3 is 5.32 Å². The molecule has 0 amide bonds. The van der Waals surface area contributed by atoms with Crippen molar-refractivity contribution in [3.05, 3.63) is 70.7 Å². The summed E-state index contributed by atoms with van der Waals surface area (Å²) in [7, 11) is 0. The fourth-order valence-electron chi connectivity index (χ4n) is 1.57. The second kappa shape index (κ2) is 7.62. The van der Waals surface area contributed by atoms with Gasteiger partial charge in [-0.25, -0.2) is 0 Å². The van der Waals surface area contributed by atoms with Gasteiger partial charge in [0.25, 0.3) is 0 Å². The highest BCUT2D eigenvalue weighted by Crippen LogP contribution is 2.08. The van der Waals surface area contributed by atoms with Crippen molar-refractivity contribution in [3.8, 4) is 0 Å². The molecule has 0 atom stereocenters. The fourth-order valence-corrected chi connectivity index (χ4v) is 1.89. The second-order valence-electron chi connectivity index (χ2n) is 4.09. The average molecular weight is 304 g/mol. The van der Waals surface area contributed by atoms with E-state index in [1.807, 2.05) is 54.6 Å². The number of nitrogens with zero attached hydrogens (tertiary/aromatic N) is 1. The number of halogens is 1. The van der Waals surface area contributed by atoms with Crippen LogP contribution >= 0.6 is 23.8 Å². The lowest BCUT2D eigenvalue weighted by Crippen LogP contribution is -2.31. The van der Waals surface area contributed by atoms with E-state index >= 15 is 0 Å². The number of benzene rings is 2. The predicted octanol–water partition coefficient (Wildman–Crippen LogP) is 3.34. The zero-order valence-corrected chi connectivity index (χ0v) is 12.3. The van der Waals surface area contributed by atoms with Crippen molar-refractivity contribution in [2.75, 3.05) is 0 Å². The van der Waals surface area contributed by atoms with E-state index in [0.717, 1.165) is 11.1 Å². The van der Waals surface area contributed by atoms with E-state index in [2.05, 4.69) is 15.8 Å². The molecule has 0 unspecified atom stereocenters. The van der Waals surface area contributed by atoms with E-state index in [-0.39, 0.29) is 0 Å². The van der Waals surface area contributed by atoms with Crippen LogP contribution in [-0.4, -0.2) is 11.3 Å². The van der Waals surface area contributed by atoms with Gasteiger partial charge in [-0.3, -0.25) is 5.43 Å². The normalized spacial score (nSPS) is 10.4. The van der Waals surface area contributed by atoms with Gasteiger partial charge in [0.1, 0.15) is 0 Å². The Labute approximate surface area is 128 Å². The molecular weight excluding hydrogens is 290 g/mol. The average Bonchev–Trinajstić information content (AvgIpc) is 2.46. The van der Waals surface area contributed by atoms with E-state index in [0.29, 0.717) is 16.7 Å². The molecule has 0 fully saturated rings. The molecular formula is C15H14ClN3S. The second-order valence-corrected chi connectivity index (χ2v) is 4.94. The lowest BCUT2D eigenvalue weighted by molar-refractivity contribution is 0.869. The Bertz CT molecular complexity index is 599. The third-order valence-corrected chi connectivity index (χ3v) is 3.00. The van der Waals surface area contributed by atoms with Crippen LogP contribution in [0.1, 0.15) is 11.1 Å². The van der Waals surface area contributed by atoms with Gasteiger partial charge in [0.05, 0.1) is 6.21 Å². The molecule has 0 aromatic heterocycles. The van der Waals surface area contributed by atoms with E-state index in [9.17, 15) is 0 Å². The topological polar surface area (TPSA) is 36.4 Å². The molecule has 0 heterocycles. The molecule has 3 nitrogen and oxygen atoms in total. The van der Waals surface area contributed by atoms with Crippen molar-refractivity contribution < 1.29 is 0 Å². The van der Waals surface area contributed by atoms with E-state index in [1.54, 1.807) is 6.21 Å². The van der Waals surface area contributed by atoms with Crippen molar-refractivity contribution in [1.82, 2.24) is 10.7 Å². The Kier molecular flexibility index (Phi) is 5.53. The maximum atomic E-state index is 5.88. The van der Waals surface area contributed by atoms with Crippen LogP contribution in [0.2, 0.25) is 5.02 Å². The largest absolute Gasteiger partial charge is 0.357 e. The number of hydrogen-bond donors (Lipinski definition) is 2. The molecule has 2 N–H and O–H groups in total. The van der Waals surface area contributed by atoms with E-state index < -0.39 is 0 Å². The number of nitrogens with one attached hydrogen (secondary N) is 2. The molecule has 102 valence electrons. The molecule has 2 aromatic carbocycles. The highest BCUT2D eigenvalue weighted by Gasteiger charge is 1.94. The fraction of sp³-hybridized carbons (Fsp3) is 0.0667. The standard InChI is InChI=1S/C15H14ClN3S/c16-14-8-4-7-13(9-14)11-18-19-15(20)17-10-12-5-2-1-3-6-12/h1-9,11H,10H2,(H2,17,19,20)/b18-11-. The van der Waals surface area contributed by atoms with Gasteiger partial charge in [-0.2, -0.15) is 5.10 Å². The molecule has 2 aromatic rings. The SMILES string of the molecule is S=C(NCc1ccccc1)N/N=C\c1cccc(Cl)c1. The molecule has 20 heavy (non-hydrogen) atoms. The maximum Gasteiger partial charge on any atom is 0.187 e. The summed E-state index contributed by atoms with van der Waals surface area (Å²) in [5, 5.41) is 8.29. The molecule has 0 saturated heterocycles. The Balaban J connectivity index is 1.78. The van der Waals surface area contributed by atoms with Gasteiger partial charge in [0.2, 0.25) is 0 Å². The number of thiocarbonyl (C=S) groups is 1. The molecule has 5 heteroatoms. The Morgan fingerprint density at radius 2 is 1.95 bits per heavy atom. The summed E-state index contributed by atoms with van der Waals surface area (Å²) in [6.45, 7) is 0.666. The van der Waals surface area contributed by atoms with Crippen LogP contribution in [0.15, 0.2) is 59.7 Å². The summed E-state index contributed by atoms with van der Waals surface area (Å²) in [5.41, 5.74) is 4.84. The van der Waals surface area contributed by atoms with Crippen LogP contribution in [0.4, 0.5) is 0 Å². The minimum Gasteiger partial charge on any atom is -0.357 e. The Morgan fingerprint density at radius 1 is 1.15 bits per heavy atom. The smallest absolute Gasteiger partial charge is 0.187 e. The van der Waals surface area contributed by atoms with Gasteiger partial charge in [-0.15, -0.1) is 0 Å². The molecule has 0 radical (unpaired) electrons.